The average molecular weight is 245 g/mol. The molecule has 0 aromatic carbocycles. The maximum absolute atomic E-state index is 11.5. The SMILES string of the molecule is CC.CC1C(=O)N2C1SC(C)(C)C2C(=O)O. The number of thioether (sulfide) groups is 1. The van der Waals surface area contributed by atoms with Gasteiger partial charge in [0.05, 0.1) is 11.3 Å². The monoisotopic (exact) mass is 245 g/mol. The van der Waals surface area contributed by atoms with E-state index in [1.165, 1.54) is 4.90 Å². The fourth-order valence-electron chi connectivity index (χ4n) is 2.20. The van der Waals surface area contributed by atoms with Crippen LogP contribution in [0.3, 0.4) is 0 Å². The first-order valence-electron chi connectivity index (χ1n) is 5.59. The van der Waals surface area contributed by atoms with Crippen molar-refractivity contribution in [3.63, 3.8) is 0 Å². The van der Waals surface area contributed by atoms with Crippen LogP contribution in [0.1, 0.15) is 34.6 Å². The first kappa shape index (κ1) is 13.4. The van der Waals surface area contributed by atoms with E-state index < -0.39 is 12.0 Å². The molecule has 3 unspecified atom stereocenters. The summed E-state index contributed by atoms with van der Waals surface area (Å²) in [4.78, 5) is 24.1. The minimum Gasteiger partial charge on any atom is -0.480 e. The summed E-state index contributed by atoms with van der Waals surface area (Å²) in [7, 11) is 0. The van der Waals surface area contributed by atoms with Gasteiger partial charge in [-0.25, -0.2) is 4.79 Å². The number of aliphatic carboxylic acids is 1. The van der Waals surface area contributed by atoms with Crippen LogP contribution in [0.4, 0.5) is 0 Å². The molecular weight excluding hydrogens is 226 g/mol. The summed E-state index contributed by atoms with van der Waals surface area (Å²) in [6.07, 6.45) is 0. The zero-order valence-electron chi connectivity index (χ0n) is 10.4. The van der Waals surface area contributed by atoms with Crippen LogP contribution in [0.2, 0.25) is 0 Å². The molecule has 2 aliphatic heterocycles. The molecule has 0 aromatic heterocycles. The Hall–Kier alpha value is -0.710. The van der Waals surface area contributed by atoms with Gasteiger partial charge >= 0.3 is 5.97 Å². The number of hydrogen-bond donors (Lipinski definition) is 1. The van der Waals surface area contributed by atoms with Crippen LogP contribution in [-0.4, -0.2) is 38.0 Å². The van der Waals surface area contributed by atoms with E-state index in [1.54, 1.807) is 11.8 Å². The van der Waals surface area contributed by atoms with Gasteiger partial charge in [0, 0.05) is 4.75 Å². The van der Waals surface area contributed by atoms with E-state index in [2.05, 4.69) is 0 Å². The molecule has 3 atom stereocenters. The largest absolute Gasteiger partial charge is 0.480 e. The standard InChI is InChI=1S/C9H13NO3S.C2H6/c1-4-6(11)10-5(8(12)13)9(2,3)14-7(4)10;1-2/h4-5,7H,1-3H3,(H,12,13);1-2H3. The third-order valence-corrected chi connectivity index (χ3v) is 4.65. The van der Waals surface area contributed by atoms with Crippen molar-refractivity contribution in [1.82, 2.24) is 4.90 Å². The Morgan fingerprint density at radius 3 is 2.38 bits per heavy atom. The van der Waals surface area contributed by atoms with Gasteiger partial charge in [-0.2, -0.15) is 0 Å². The fraction of sp³-hybridized carbons (Fsp3) is 0.818. The van der Waals surface area contributed by atoms with Crippen molar-refractivity contribution in [2.75, 3.05) is 0 Å². The minimum absolute atomic E-state index is 0.0244. The number of rotatable bonds is 1. The molecule has 2 fully saturated rings. The highest BCUT2D eigenvalue weighted by molar-refractivity contribution is 8.01. The number of hydrogen-bond acceptors (Lipinski definition) is 3. The van der Waals surface area contributed by atoms with E-state index in [9.17, 15) is 9.59 Å². The molecule has 0 spiro atoms. The number of amides is 1. The Labute approximate surface area is 100 Å². The van der Waals surface area contributed by atoms with Crippen LogP contribution in [0.15, 0.2) is 0 Å². The van der Waals surface area contributed by atoms with Crippen molar-refractivity contribution >= 4 is 23.6 Å². The highest BCUT2D eigenvalue weighted by Crippen LogP contribution is 2.52. The van der Waals surface area contributed by atoms with E-state index >= 15 is 0 Å². The van der Waals surface area contributed by atoms with Gasteiger partial charge in [-0.3, -0.25) is 4.79 Å². The summed E-state index contributed by atoms with van der Waals surface area (Å²) in [5.41, 5.74) is 0. The summed E-state index contributed by atoms with van der Waals surface area (Å²) >= 11 is 1.59. The first-order valence-corrected chi connectivity index (χ1v) is 6.47. The molecule has 4 nitrogen and oxygen atoms in total. The van der Waals surface area contributed by atoms with Gasteiger partial charge in [-0.15, -0.1) is 11.8 Å². The fourth-order valence-corrected chi connectivity index (χ4v) is 3.83. The van der Waals surface area contributed by atoms with Crippen molar-refractivity contribution in [3.05, 3.63) is 0 Å². The van der Waals surface area contributed by atoms with E-state index in [1.807, 2.05) is 34.6 Å². The van der Waals surface area contributed by atoms with Gasteiger partial charge in [-0.1, -0.05) is 20.8 Å². The van der Waals surface area contributed by atoms with Crippen LogP contribution < -0.4 is 0 Å². The lowest BCUT2D eigenvalue weighted by atomic mass is 9.93. The van der Waals surface area contributed by atoms with Crippen molar-refractivity contribution < 1.29 is 14.7 Å². The molecular formula is C11H19NO3S. The third kappa shape index (κ3) is 1.71. The number of carboxylic acids is 1. The summed E-state index contributed by atoms with van der Waals surface area (Å²) in [5.74, 6) is -0.950. The number of carbonyl (C=O) groups is 2. The Balaban J connectivity index is 0.000000606. The second-order valence-corrected chi connectivity index (χ2v) is 6.16. The lowest BCUT2D eigenvalue weighted by molar-refractivity contribution is -0.162. The quantitative estimate of drug-likeness (QED) is 0.716. The Morgan fingerprint density at radius 2 is 1.94 bits per heavy atom. The maximum Gasteiger partial charge on any atom is 0.327 e. The number of β-lactam (4-membered cyclic amide) rings is 1. The van der Waals surface area contributed by atoms with Crippen LogP contribution in [0.5, 0.6) is 0 Å². The molecule has 2 rings (SSSR count). The molecule has 0 saturated carbocycles. The predicted octanol–water partition coefficient (Wildman–Crippen LogP) is 1.80. The van der Waals surface area contributed by atoms with Crippen molar-refractivity contribution in [3.8, 4) is 0 Å². The third-order valence-electron chi connectivity index (χ3n) is 2.94. The van der Waals surface area contributed by atoms with Gasteiger partial charge in [0.15, 0.2) is 0 Å². The van der Waals surface area contributed by atoms with Gasteiger partial charge < -0.3 is 10.0 Å². The van der Waals surface area contributed by atoms with Crippen LogP contribution in [0, 0.1) is 5.92 Å². The van der Waals surface area contributed by atoms with Gasteiger partial charge in [0.1, 0.15) is 6.04 Å². The predicted molar refractivity (Wildman–Crippen MR) is 64.2 cm³/mol. The highest BCUT2D eigenvalue weighted by atomic mass is 32.2. The smallest absolute Gasteiger partial charge is 0.327 e. The van der Waals surface area contributed by atoms with Gasteiger partial charge in [0.25, 0.3) is 0 Å². The van der Waals surface area contributed by atoms with Crippen molar-refractivity contribution in [2.24, 2.45) is 5.92 Å². The van der Waals surface area contributed by atoms with Crippen LogP contribution in [0.25, 0.3) is 0 Å². The summed E-state index contributed by atoms with van der Waals surface area (Å²) in [6, 6.07) is -0.666. The molecule has 0 radical (unpaired) electrons. The molecule has 0 bridgehead atoms. The molecule has 92 valence electrons. The highest BCUT2D eigenvalue weighted by Gasteiger charge is 2.62. The van der Waals surface area contributed by atoms with E-state index in [0.29, 0.717) is 0 Å². The van der Waals surface area contributed by atoms with Crippen LogP contribution >= 0.6 is 11.8 Å². The van der Waals surface area contributed by atoms with E-state index in [0.717, 1.165) is 0 Å². The number of carbonyl (C=O) groups excluding carboxylic acids is 1. The molecule has 2 heterocycles. The molecule has 1 amide bonds. The van der Waals surface area contributed by atoms with Gasteiger partial charge in [-0.05, 0) is 13.8 Å². The zero-order valence-corrected chi connectivity index (χ0v) is 11.2. The molecule has 5 heteroatoms. The Kier molecular flexibility index (Phi) is 3.57. The number of nitrogens with zero attached hydrogens (tertiary/aromatic N) is 1. The second-order valence-electron chi connectivity index (χ2n) is 4.39. The molecule has 1 N–H and O–H groups in total. The topological polar surface area (TPSA) is 57.6 Å². The minimum atomic E-state index is -0.898. The second kappa shape index (κ2) is 4.28. The van der Waals surface area contributed by atoms with Gasteiger partial charge in [0.2, 0.25) is 5.91 Å². The lowest BCUT2D eigenvalue weighted by Crippen LogP contribution is -2.61. The Bertz CT molecular complexity index is 316. The molecule has 2 aliphatic rings. The molecule has 0 aliphatic carbocycles. The summed E-state index contributed by atoms with van der Waals surface area (Å²) in [6.45, 7) is 9.63. The first-order chi connectivity index (χ1) is 7.36. The Morgan fingerprint density at radius 1 is 1.44 bits per heavy atom. The normalized spacial score (nSPS) is 34.7. The van der Waals surface area contributed by atoms with E-state index in [4.69, 9.17) is 5.11 Å². The molecule has 16 heavy (non-hydrogen) atoms. The average Bonchev–Trinajstić information content (AvgIpc) is 2.49. The molecule has 0 aromatic rings. The summed E-state index contributed by atoms with van der Waals surface area (Å²) < 4.78 is -0.378. The lowest BCUT2D eigenvalue weighted by Gasteiger charge is -2.41. The van der Waals surface area contributed by atoms with E-state index in [-0.39, 0.29) is 21.9 Å². The summed E-state index contributed by atoms with van der Waals surface area (Å²) in [5, 5.41) is 9.14. The molecule has 2 saturated heterocycles. The van der Waals surface area contributed by atoms with Crippen LogP contribution in [-0.2, 0) is 9.59 Å². The number of carboxylic acid groups (broad SMARTS) is 1. The maximum atomic E-state index is 11.5. The van der Waals surface area contributed by atoms with Crippen molar-refractivity contribution in [1.29, 1.82) is 0 Å². The number of fused-ring (bicyclic) bond motifs is 1. The zero-order chi connectivity index (χ0) is 12.7. The van der Waals surface area contributed by atoms with Crippen molar-refractivity contribution in [2.45, 2.75) is 50.8 Å².